The smallest absolute Gasteiger partial charge is 0.268 e. The number of likely N-dealkylation sites (N-methyl/N-ethyl adjacent to an activating group) is 1. The predicted molar refractivity (Wildman–Crippen MR) is 133 cm³/mol. The maximum atomic E-state index is 13.9. The summed E-state index contributed by atoms with van der Waals surface area (Å²) in [5, 5.41) is 0.743. The lowest BCUT2D eigenvalue weighted by Gasteiger charge is -2.15. The van der Waals surface area contributed by atoms with Gasteiger partial charge < -0.3 is 9.64 Å². The van der Waals surface area contributed by atoms with Gasteiger partial charge in [0.15, 0.2) is 5.75 Å². The third-order valence-electron chi connectivity index (χ3n) is 5.23. The molecular weight excluding hydrogens is 488 g/mol. The molecule has 0 fully saturated rings. The van der Waals surface area contributed by atoms with Crippen LogP contribution in [0.4, 0.5) is 0 Å². The number of rotatable bonds is 7. The van der Waals surface area contributed by atoms with Gasteiger partial charge in [-0.1, -0.05) is 64.0 Å². The van der Waals surface area contributed by atoms with E-state index >= 15 is 0 Å². The Hall–Kier alpha value is -2.61. The fraction of sp³-hybridized carbons (Fsp3) is 0.200. The average Bonchev–Trinajstić information content (AvgIpc) is 3.08. The van der Waals surface area contributed by atoms with E-state index in [1.54, 1.807) is 12.1 Å². The number of aromatic nitrogens is 1. The second kappa shape index (κ2) is 9.10. The van der Waals surface area contributed by atoms with Crippen LogP contribution in [0.3, 0.4) is 0 Å². The molecule has 0 aliphatic rings. The first-order chi connectivity index (χ1) is 15.3. The summed E-state index contributed by atoms with van der Waals surface area (Å²) in [6.07, 6.45) is 0. The van der Waals surface area contributed by atoms with Gasteiger partial charge in [-0.15, -0.1) is 0 Å². The maximum absolute atomic E-state index is 13.9. The Morgan fingerprint density at radius 1 is 0.969 bits per heavy atom. The van der Waals surface area contributed by atoms with Crippen molar-refractivity contribution >= 4 is 36.9 Å². The highest BCUT2D eigenvalue weighted by Gasteiger charge is 2.29. The normalized spacial score (nSPS) is 11.9. The van der Waals surface area contributed by atoms with Crippen LogP contribution in [-0.2, 0) is 10.0 Å². The molecule has 4 aromatic rings. The molecule has 166 valence electrons. The van der Waals surface area contributed by atoms with Crippen molar-refractivity contribution in [3.8, 4) is 17.0 Å². The van der Waals surface area contributed by atoms with E-state index in [4.69, 9.17) is 4.74 Å². The number of halogens is 1. The summed E-state index contributed by atoms with van der Waals surface area (Å²) in [6, 6.07) is 22.0. The quantitative estimate of drug-likeness (QED) is 0.325. The monoisotopic (exact) mass is 512 g/mol. The molecule has 4 rings (SSSR count). The van der Waals surface area contributed by atoms with Crippen LogP contribution in [-0.4, -0.2) is 44.5 Å². The molecule has 3 aromatic carbocycles. The fourth-order valence-electron chi connectivity index (χ4n) is 3.59. The number of ether oxygens (including phenoxy) is 1. The number of nitrogens with zero attached hydrogens (tertiary/aromatic N) is 2. The summed E-state index contributed by atoms with van der Waals surface area (Å²) in [6.45, 7) is 3.08. The molecule has 1 aromatic heterocycles. The van der Waals surface area contributed by atoms with Crippen molar-refractivity contribution in [1.82, 2.24) is 8.87 Å². The molecule has 0 atom stereocenters. The van der Waals surface area contributed by atoms with Crippen molar-refractivity contribution in [2.45, 2.75) is 11.8 Å². The summed E-state index contributed by atoms with van der Waals surface area (Å²) in [5.41, 5.74) is 2.88. The van der Waals surface area contributed by atoms with Gasteiger partial charge in [-0.2, -0.15) is 0 Å². The molecule has 0 amide bonds. The van der Waals surface area contributed by atoms with Crippen LogP contribution < -0.4 is 4.74 Å². The lowest BCUT2D eigenvalue weighted by atomic mass is 10.1. The van der Waals surface area contributed by atoms with Gasteiger partial charge in [0.1, 0.15) is 12.3 Å². The molecule has 5 nitrogen and oxygen atoms in total. The van der Waals surface area contributed by atoms with E-state index in [2.05, 4.69) is 15.9 Å². The minimum atomic E-state index is -3.88. The molecule has 1 heterocycles. The summed E-state index contributed by atoms with van der Waals surface area (Å²) < 4.78 is 36.4. The summed E-state index contributed by atoms with van der Waals surface area (Å²) in [7, 11) is 0.0672. The van der Waals surface area contributed by atoms with Crippen molar-refractivity contribution < 1.29 is 13.2 Å². The number of fused-ring (bicyclic) bond motifs is 1. The van der Waals surface area contributed by atoms with E-state index < -0.39 is 10.0 Å². The first-order valence-corrected chi connectivity index (χ1v) is 12.5. The zero-order valence-corrected chi connectivity index (χ0v) is 20.7. The highest BCUT2D eigenvalue weighted by atomic mass is 79.9. The molecular formula is C25H25BrN2O3S. The Morgan fingerprint density at radius 2 is 1.66 bits per heavy atom. The van der Waals surface area contributed by atoms with E-state index in [0.29, 0.717) is 30.1 Å². The zero-order chi connectivity index (χ0) is 22.9. The topological polar surface area (TPSA) is 51.5 Å². The Bertz CT molecular complexity index is 1350. The van der Waals surface area contributed by atoms with Crippen molar-refractivity contribution in [3.63, 3.8) is 0 Å². The van der Waals surface area contributed by atoms with Gasteiger partial charge in [0, 0.05) is 22.0 Å². The molecule has 0 aliphatic carbocycles. The lowest BCUT2D eigenvalue weighted by molar-refractivity contribution is 0.264. The largest absolute Gasteiger partial charge is 0.489 e. The molecule has 0 spiro atoms. The van der Waals surface area contributed by atoms with Gasteiger partial charge >= 0.3 is 0 Å². The molecule has 0 radical (unpaired) electrons. The summed E-state index contributed by atoms with van der Waals surface area (Å²) in [5.74, 6) is 0.560. The highest BCUT2D eigenvalue weighted by molar-refractivity contribution is 9.10. The standard InChI is InChI=1S/C25H25BrN2O3S/c1-18-9-12-21(13-10-18)32(29,30)28-23-14-11-20(26)17-22(23)25(31-16-15-27(2)3)24(28)19-7-5-4-6-8-19/h4-14,17H,15-16H2,1-3H3. The second-order valence-corrected chi connectivity index (χ2v) is 10.6. The Kier molecular flexibility index (Phi) is 6.42. The molecule has 0 unspecified atom stereocenters. The van der Waals surface area contributed by atoms with Gasteiger partial charge in [-0.05, 0) is 51.4 Å². The van der Waals surface area contributed by atoms with Crippen LogP contribution in [0.25, 0.3) is 22.2 Å². The first-order valence-electron chi connectivity index (χ1n) is 10.3. The van der Waals surface area contributed by atoms with Crippen LogP contribution in [0.15, 0.2) is 82.2 Å². The van der Waals surface area contributed by atoms with Crippen LogP contribution in [0.1, 0.15) is 5.56 Å². The third-order valence-corrected chi connectivity index (χ3v) is 7.45. The van der Waals surface area contributed by atoms with E-state index in [-0.39, 0.29) is 4.90 Å². The number of aryl methyl sites for hydroxylation is 1. The molecule has 32 heavy (non-hydrogen) atoms. The first kappa shape index (κ1) is 22.6. The summed E-state index contributed by atoms with van der Waals surface area (Å²) >= 11 is 3.53. The van der Waals surface area contributed by atoms with Crippen LogP contribution in [0, 0.1) is 6.92 Å². The SMILES string of the molecule is Cc1ccc(S(=O)(=O)n2c(-c3ccccc3)c(OCCN(C)C)c3cc(Br)ccc32)cc1. The molecule has 0 bridgehead atoms. The minimum Gasteiger partial charge on any atom is -0.489 e. The molecule has 0 saturated heterocycles. The number of hydrogen-bond donors (Lipinski definition) is 0. The van der Waals surface area contributed by atoms with Crippen molar-refractivity contribution in [2.24, 2.45) is 0 Å². The fourth-order valence-corrected chi connectivity index (χ4v) is 5.49. The molecule has 0 saturated carbocycles. The van der Waals surface area contributed by atoms with Crippen LogP contribution >= 0.6 is 15.9 Å². The molecule has 7 heteroatoms. The Balaban J connectivity index is 2.04. The maximum Gasteiger partial charge on any atom is 0.268 e. The van der Waals surface area contributed by atoms with E-state index in [1.165, 1.54) is 3.97 Å². The zero-order valence-electron chi connectivity index (χ0n) is 18.2. The van der Waals surface area contributed by atoms with Gasteiger partial charge in [-0.3, -0.25) is 0 Å². The van der Waals surface area contributed by atoms with Crippen LogP contribution in [0.5, 0.6) is 5.75 Å². The van der Waals surface area contributed by atoms with E-state index in [9.17, 15) is 8.42 Å². The average molecular weight is 513 g/mol. The Morgan fingerprint density at radius 3 is 2.31 bits per heavy atom. The van der Waals surface area contributed by atoms with E-state index in [0.717, 1.165) is 21.0 Å². The van der Waals surface area contributed by atoms with Crippen molar-refractivity contribution in [2.75, 3.05) is 27.2 Å². The highest BCUT2D eigenvalue weighted by Crippen LogP contribution is 2.43. The van der Waals surface area contributed by atoms with Gasteiger partial charge in [-0.25, -0.2) is 12.4 Å². The lowest BCUT2D eigenvalue weighted by Crippen LogP contribution is -2.19. The second-order valence-electron chi connectivity index (χ2n) is 7.94. The van der Waals surface area contributed by atoms with Crippen molar-refractivity contribution in [3.05, 3.63) is 82.8 Å². The molecule has 0 N–H and O–H groups in total. The van der Waals surface area contributed by atoms with E-state index in [1.807, 2.05) is 86.6 Å². The third kappa shape index (κ3) is 4.33. The van der Waals surface area contributed by atoms with Gasteiger partial charge in [0.05, 0.1) is 10.4 Å². The van der Waals surface area contributed by atoms with Crippen LogP contribution in [0.2, 0.25) is 0 Å². The Labute approximate surface area is 197 Å². The minimum absolute atomic E-state index is 0.236. The van der Waals surface area contributed by atoms with Gasteiger partial charge in [0.25, 0.3) is 10.0 Å². The molecule has 0 aliphatic heterocycles. The number of benzene rings is 3. The van der Waals surface area contributed by atoms with Gasteiger partial charge in [0.2, 0.25) is 0 Å². The predicted octanol–water partition coefficient (Wildman–Crippen LogP) is 5.56. The van der Waals surface area contributed by atoms with Crippen molar-refractivity contribution in [1.29, 1.82) is 0 Å². The number of hydrogen-bond acceptors (Lipinski definition) is 4. The summed E-state index contributed by atoms with van der Waals surface area (Å²) in [4.78, 5) is 2.26.